The third-order valence-corrected chi connectivity index (χ3v) is 5.37. The van der Waals surface area contributed by atoms with Crippen molar-refractivity contribution in [2.45, 2.75) is 18.1 Å². The van der Waals surface area contributed by atoms with Crippen molar-refractivity contribution in [3.05, 3.63) is 64.4 Å². The van der Waals surface area contributed by atoms with Crippen LogP contribution in [-0.2, 0) is 4.79 Å². The number of H-pyrrole nitrogens is 1. The second kappa shape index (κ2) is 9.00. The molecule has 0 saturated carbocycles. The van der Waals surface area contributed by atoms with Crippen LogP contribution >= 0.6 is 11.8 Å². The van der Waals surface area contributed by atoms with Gasteiger partial charge in [-0.15, -0.1) is 10.2 Å². The Morgan fingerprint density at radius 1 is 1.13 bits per heavy atom. The number of benzene rings is 2. The lowest BCUT2D eigenvalue weighted by Crippen LogP contribution is -2.28. The maximum absolute atomic E-state index is 12.5. The molecule has 154 valence electrons. The van der Waals surface area contributed by atoms with Crippen LogP contribution in [0.5, 0.6) is 11.5 Å². The van der Waals surface area contributed by atoms with Crippen LogP contribution in [0.2, 0.25) is 0 Å². The Hall–Kier alpha value is -3.33. The second-order valence-electron chi connectivity index (χ2n) is 6.65. The second-order valence-corrected chi connectivity index (χ2v) is 7.62. The van der Waals surface area contributed by atoms with Gasteiger partial charge in [-0.3, -0.25) is 14.6 Å². The molecule has 4 rings (SSSR count). The monoisotopic (exact) mass is 424 g/mol. The van der Waals surface area contributed by atoms with Gasteiger partial charge >= 0.3 is 0 Å². The Labute approximate surface area is 177 Å². The Bertz CT molecular complexity index is 1100. The van der Waals surface area contributed by atoms with Gasteiger partial charge in [0.05, 0.1) is 11.8 Å². The van der Waals surface area contributed by atoms with Crippen LogP contribution in [0.1, 0.15) is 18.5 Å². The maximum Gasteiger partial charge on any atom is 0.278 e. The van der Waals surface area contributed by atoms with Crippen molar-refractivity contribution in [3.63, 3.8) is 0 Å². The predicted molar refractivity (Wildman–Crippen MR) is 113 cm³/mol. The molecule has 2 N–H and O–H groups in total. The Balaban J connectivity index is 1.39. The standard InChI is InChI=1S/C21H20N4O4S/c1-13(14-5-3-2-4-6-14)22-18(26)12-30-21-23-20(27)19(24-25-21)15-7-8-16-17(11-15)29-10-9-28-16/h2-8,11,13H,9-10,12H2,1H3,(H,22,26)(H,23,25,27). The van der Waals surface area contributed by atoms with Gasteiger partial charge < -0.3 is 14.8 Å². The van der Waals surface area contributed by atoms with Gasteiger partial charge in [0.15, 0.2) is 22.3 Å². The van der Waals surface area contributed by atoms with Crippen LogP contribution in [0.25, 0.3) is 11.3 Å². The average molecular weight is 424 g/mol. The van der Waals surface area contributed by atoms with E-state index in [0.29, 0.717) is 30.3 Å². The summed E-state index contributed by atoms with van der Waals surface area (Å²) < 4.78 is 11.0. The molecule has 0 saturated heterocycles. The molecule has 3 aromatic rings. The number of aromatic nitrogens is 3. The van der Waals surface area contributed by atoms with E-state index in [1.165, 1.54) is 0 Å². The molecule has 30 heavy (non-hydrogen) atoms. The quantitative estimate of drug-likeness (QED) is 0.586. The third-order valence-electron chi connectivity index (χ3n) is 4.51. The Morgan fingerprint density at radius 2 is 1.90 bits per heavy atom. The van der Waals surface area contributed by atoms with Crippen LogP contribution < -0.4 is 20.3 Å². The zero-order valence-electron chi connectivity index (χ0n) is 16.3. The van der Waals surface area contributed by atoms with Crippen molar-refractivity contribution in [1.82, 2.24) is 20.5 Å². The molecule has 1 unspecified atom stereocenters. The van der Waals surface area contributed by atoms with E-state index >= 15 is 0 Å². The van der Waals surface area contributed by atoms with Gasteiger partial charge in [0, 0.05) is 5.56 Å². The molecule has 8 nitrogen and oxygen atoms in total. The number of nitrogens with zero attached hydrogens (tertiary/aromatic N) is 2. The number of hydrogen-bond acceptors (Lipinski definition) is 7. The summed E-state index contributed by atoms with van der Waals surface area (Å²) in [5, 5.41) is 11.3. The van der Waals surface area contributed by atoms with Crippen molar-refractivity contribution in [2.24, 2.45) is 0 Å². The number of aromatic amines is 1. The molecule has 1 aliphatic rings. The molecule has 0 spiro atoms. The van der Waals surface area contributed by atoms with Gasteiger partial charge in [0.1, 0.15) is 13.2 Å². The topological polar surface area (TPSA) is 106 Å². The molecular formula is C21H20N4O4S. The summed E-state index contributed by atoms with van der Waals surface area (Å²) in [6.07, 6.45) is 0. The summed E-state index contributed by atoms with van der Waals surface area (Å²) in [5.74, 6) is 1.17. The van der Waals surface area contributed by atoms with Crippen LogP contribution in [-0.4, -0.2) is 40.1 Å². The zero-order valence-corrected chi connectivity index (χ0v) is 17.1. The number of thioether (sulfide) groups is 1. The van der Waals surface area contributed by atoms with Crippen LogP contribution in [0, 0.1) is 0 Å². The molecule has 1 aliphatic heterocycles. The highest BCUT2D eigenvalue weighted by atomic mass is 32.2. The molecule has 0 radical (unpaired) electrons. The van der Waals surface area contributed by atoms with E-state index in [2.05, 4.69) is 20.5 Å². The normalized spacial score (nSPS) is 13.5. The number of fused-ring (bicyclic) bond motifs is 1. The minimum absolute atomic E-state index is 0.109. The van der Waals surface area contributed by atoms with E-state index in [-0.39, 0.29) is 34.1 Å². The van der Waals surface area contributed by atoms with E-state index in [9.17, 15) is 9.59 Å². The molecule has 1 atom stereocenters. The SMILES string of the molecule is CC(NC(=O)CSc1nnc(-c2ccc3c(c2)OCCO3)c(=O)[nH]1)c1ccccc1. The first-order valence-electron chi connectivity index (χ1n) is 9.44. The van der Waals surface area contributed by atoms with Crippen molar-refractivity contribution in [3.8, 4) is 22.8 Å². The largest absolute Gasteiger partial charge is 0.486 e. The lowest BCUT2D eigenvalue weighted by molar-refractivity contribution is -0.119. The van der Waals surface area contributed by atoms with E-state index in [1.54, 1.807) is 18.2 Å². The zero-order chi connectivity index (χ0) is 20.9. The molecule has 1 aromatic heterocycles. The van der Waals surface area contributed by atoms with E-state index < -0.39 is 0 Å². The first-order chi connectivity index (χ1) is 14.6. The molecule has 2 aromatic carbocycles. The number of ether oxygens (including phenoxy) is 2. The summed E-state index contributed by atoms with van der Waals surface area (Å²) in [6, 6.07) is 14.8. The number of carbonyl (C=O) groups is 1. The van der Waals surface area contributed by atoms with Gasteiger partial charge in [0.25, 0.3) is 5.56 Å². The van der Waals surface area contributed by atoms with E-state index in [1.807, 2.05) is 37.3 Å². The molecule has 1 amide bonds. The lowest BCUT2D eigenvalue weighted by atomic mass is 10.1. The first kappa shape index (κ1) is 20.0. The summed E-state index contributed by atoms with van der Waals surface area (Å²) >= 11 is 1.12. The fourth-order valence-corrected chi connectivity index (χ4v) is 3.62. The summed E-state index contributed by atoms with van der Waals surface area (Å²) in [4.78, 5) is 27.4. The van der Waals surface area contributed by atoms with Gasteiger partial charge in [-0.25, -0.2) is 0 Å². The number of amides is 1. The molecule has 9 heteroatoms. The number of hydrogen-bond donors (Lipinski definition) is 2. The lowest BCUT2D eigenvalue weighted by Gasteiger charge is -2.18. The minimum atomic E-state index is -0.387. The summed E-state index contributed by atoms with van der Waals surface area (Å²) in [6.45, 7) is 2.87. The van der Waals surface area contributed by atoms with Crippen LogP contribution in [0.3, 0.4) is 0 Å². The predicted octanol–water partition coefficient (Wildman–Crippen LogP) is 2.57. The van der Waals surface area contributed by atoms with Gasteiger partial charge in [0.2, 0.25) is 5.91 Å². The van der Waals surface area contributed by atoms with Crippen molar-refractivity contribution in [2.75, 3.05) is 19.0 Å². The fourth-order valence-electron chi connectivity index (χ4n) is 3.01. The summed E-state index contributed by atoms with van der Waals surface area (Å²) in [7, 11) is 0. The maximum atomic E-state index is 12.5. The van der Waals surface area contributed by atoms with Gasteiger partial charge in [-0.1, -0.05) is 42.1 Å². The minimum Gasteiger partial charge on any atom is -0.486 e. The number of carbonyl (C=O) groups excluding carboxylic acids is 1. The highest BCUT2D eigenvalue weighted by molar-refractivity contribution is 7.99. The van der Waals surface area contributed by atoms with Gasteiger partial charge in [-0.05, 0) is 30.7 Å². The molecule has 0 aliphatic carbocycles. The molecule has 0 fully saturated rings. The van der Waals surface area contributed by atoms with Crippen LogP contribution in [0.4, 0.5) is 0 Å². The summed E-state index contributed by atoms with van der Waals surface area (Å²) in [5.41, 5.74) is 1.40. The highest BCUT2D eigenvalue weighted by Gasteiger charge is 2.16. The first-order valence-corrected chi connectivity index (χ1v) is 10.4. The highest BCUT2D eigenvalue weighted by Crippen LogP contribution is 2.33. The van der Waals surface area contributed by atoms with E-state index in [0.717, 1.165) is 17.3 Å². The Morgan fingerprint density at radius 3 is 2.67 bits per heavy atom. The Kier molecular flexibility index (Phi) is 5.99. The number of rotatable bonds is 6. The number of nitrogens with one attached hydrogen (secondary N) is 2. The fraction of sp³-hybridized carbons (Fsp3) is 0.238. The smallest absolute Gasteiger partial charge is 0.278 e. The van der Waals surface area contributed by atoms with Crippen LogP contribution in [0.15, 0.2) is 58.5 Å². The molecule has 0 bridgehead atoms. The average Bonchev–Trinajstić information content (AvgIpc) is 2.78. The van der Waals surface area contributed by atoms with Crippen molar-refractivity contribution in [1.29, 1.82) is 0 Å². The van der Waals surface area contributed by atoms with E-state index in [4.69, 9.17) is 9.47 Å². The third kappa shape index (κ3) is 4.62. The van der Waals surface area contributed by atoms with Gasteiger partial charge in [-0.2, -0.15) is 0 Å². The molecular weight excluding hydrogens is 404 g/mol. The van der Waals surface area contributed by atoms with Crippen molar-refractivity contribution < 1.29 is 14.3 Å². The van der Waals surface area contributed by atoms with Crippen molar-refractivity contribution >= 4 is 17.7 Å². The molecule has 2 heterocycles.